The predicted octanol–water partition coefficient (Wildman–Crippen LogP) is 6.32. The van der Waals surface area contributed by atoms with Gasteiger partial charge in [-0.2, -0.15) is 0 Å². The predicted molar refractivity (Wildman–Crippen MR) is 112 cm³/mol. The van der Waals surface area contributed by atoms with Crippen LogP contribution in [0, 0.1) is 0 Å². The van der Waals surface area contributed by atoms with Crippen LogP contribution in [0.4, 0.5) is 17.1 Å². The third-order valence-corrected chi connectivity index (χ3v) is 4.62. The number of anilines is 3. The van der Waals surface area contributed by atoms with E-state index in [1.54, 1.807) is 0 Å². The molecule has 0 radical (unpaired) electrons. The van der Waals surface area contributed by atoms with Gasteiger partial charge in [0.2, 0.25) is 0 Å². The molecule has 0 unspecified atom stereocenters. The van der Waals surface area contributed by atoms with Crippen molar-refractivity contribution in [2.75, 3.05) is 4.90 Å². The summed E-state index contributed by atoms with van der Waals surface area (Å²) in [4.78, 5) is 2.25. The van der Waals surface area contributed by atoms with Gasteiger partial charge in [0.1, 0.15) is 0 Å². The third kappa shape index (κ3) is 3.76. The molecule has 4 aromatic rings. The fourth-order valence-electron chi connectivity index (χ4n) is 3.21. The molecule has 0 saturated heterocycles. The molecule has 1 N–H and O–H groups in total. The highest BCUT2D eigenvalue weighted by Gasteiger charge is 2.11. The third-order valence-electron chi connectivity index (χ3n) is 4.62. The van der Waals surface area contributed by atoms with Crippen molar-refractivity contribution in [1.29, 1.82) is 0 Å². The van der Waals surface area contributed by atoms with E-state index in [2.05, 4.69) is 77.7 Å². The zero-order chi connectivity index (χ0) is 18.5. The molecule has 2 nitrogen and oxygen atoms in total. The minimum atomic E-state index is 0.0718. The highest BCUT2D eigenvalue weighted by Crippen LogP contribution is 2.35. The van der Waals surface area contributed by atoms with Crippen LogP contribution >= 0.6 is 0 Å². The van der Waals surface area contributed by atoms with Crippen LogP contribution in [-0.2, 0) is 6.61 Å². The van der Waals surface area contributed by atoms with Crippen molar-refractivity contribution >= 4 is 17.1 Å². The van der Waals surface area contributed by atoms with Crippen LogP contribution in [0.3, 0.4) is 0 Å². The molecule has 0 aromatic heterocycles. The fourth-order valence-corrected chi connectivity index (χ4v) is 3.21. The highest BCUT2D eigenvalue weighted by atomic mass is 16.3. The van der Waals surface area contributed by atoms with E-state index >= 15 is 0 Å². The molecular weight excluding hydrogens is 330 g/mol. The summed E-state index contributed by atoms with van der Waals surface area (Å²) in [5.74, 6) is 0. The molecule has 0 aliphatic rings. The van der Waals surface area contributed by atoms with Gasteiger partial charge in [-0.25, -0.2) is 0 Å². The number of hydrogen-bond donors (Lipinski definition) is 1. The quantitative estimate of drug-likeness (QED) is 0.455. The van der Waals surface area contributed by atoms with E-state index in [9.17, 15) is 5.11 Å². The van der Waals surface area contributed by atoms with Crippen molar-refractivity contribution in [1.82, 2.24) is 0 Å². The van der Waals surface area contributed by atoms with Gasteiger partial charge in [0, 0.05) is 17.1 Å². The van der Waals surface area contributed by atoms with Crippen LogP contribution in [0.25, 0.3) is 11.1 Å². The van der Waals surface area contributed by atoms with E-state index in [1.807, 2.05) is 36.4 Å². The molecule has 4 aromatic carbocycles. The maximum Gasteiger partial charge on any atom is 0.0681 e. The van der Waals surface area contributed by atoms with Crippen molar-refractivity contribution in [3.8, 4) is 11.1 Å². The van der Waals surface area contributed by atoms with Gasteiger partial charge in [-0.1, -0.05) is 72.8 Å². The number of hydrogen-bond acceptors (Lipinski definition) is 2. The highest BCUT2D eigenvalue weighted by molar-refractivity contribution is 5.78. The molecule has 0 aliphatic carbocycles. The van der Waals surface area contributed by atoms with E-state index in [0.717, 1.165) is 33.8 Å². The molecule has 0 heterocycles. The van der Waals surface area contributed by atoms with E-state index in [4.69, 9.17) is 0 Å². The molecule has 4 rings (SSSR count). The summed E-state index contributed by atoms with van der Waals surface area (Å²) in [6.45, 7) is 0.0718. The number of nitrogens with zero attached hydrogens (tertiary/aromatic N) is 1. The Morgan fingerprint density at radius 1 is 0.481 bits per heavy atom. The van der Waals surface area contributed by atoms with Gasteiger partial charge in [0.25, 0.3) is 0 Å². The molecule has 2 heteroatoms. The number of para-hydroxylation sites is 2. The lowest BCUT2D eigenvalue weighted by Crippen LogP contribution is -2.09. The second-order valence-electron chi connectivity index (χ2n) is 6.41. The number of rotatable bonds is 5. The Hall–Kier alpha value is -3.36. The van der Waals surface area contributed by atoms with E-state index < -0.39 is 0 Å². The van der Waals surface area contributed by atoms with Crippen molar-refractivity contribution in [2.24, 2.45) is 0 Å². The fraction of sp³-hybridized carbons (Fsp3) is 0.0400. The Balaban J connectivity index is 1.70. The van der Waals surface area contributed by atoms with E-state index in [0.29, 0.717) is 0 Å². The van der Waals surface area contributed by atoms with Crippen molar-refractivity contribution < 1.29 is 5.11 Å². The van der Waals surface area contributed by atoms with Crippen molar-refractivity contribution in [2.45, 2.75) is 6.61 Å². The van der Waals surface area contributed by atoms with Gasteiger partial charge in [0.05, 0.1) is 6.61 Å². The standard InChI is InChI=1S/C25H21NO/c27-19-20-11-13-21(14-12-20)22-15-17-25(18-16-22)26(23-7-3-1-4-8-23)24-9-5-2-6-10-24/h1-18,27H,19H2. The Morgan fingerprint density at radius 2 is 0.889 bits per heavy atom. The maximum atomic E-state index is 9.21. The first-order valence-corrected chi connectivity index (χ1v) is 9.05. The molecule has 0 saturated carbocycles. The first-order chi connectivity index (χ1) is 13.3. The van der Waals surface area contributed by atoms with Gasteiger partial charge in [-0.05, 0) is 53.1 Å². The Kier molecular flexibility index (Phi) is 4.99. The summed E-state index contributed by atoms with van der Waals surface area (Å²) in [5, 5.41) is 9.21. The summed E-state index contributed by atoms with van der Waals surface area (Å²) in [6.07, 6.45) is 0. The van der Waals surface area contributed by atoms with Crippen LogP contribution in [0.1, 0.15) is 5.56 Å². The molecule has 132 valence electrons. The molecule has 0 atom stereocenters. The van der Waals surface area contributed by atoms with Crippen molar-refractivity contribution in [3.63, 3.8) is 0 Å². The lowest BCUT2D eigenvalue weighted by atomic mass is 10.0. The molecule has 0 spiro atoms. The Morgan fingerprint density at radius 3 is 1.33 bits per heavy atom. The minimum Gasteiger partial charge on any atom is -0.392 e. The van der Waals surface area contributed by atoms with Gasteiger partial charge in [-0.15, -0.1) is 0 Å². The van der Waals surface area contributed by atoms with Crippen LogP contribution in [-0.4, -0.2) is 5.11 Å². The SMILES string of the molecule is OCc1ccc(-c2ccc(N(c3ccccc3)c3ccccc3)cc2)cc1. The Labute approximate surface area is 160 Å². The second-order valence-corrected chi connectivity index (χ2v) is 6.41. The van der Waals surface area contributed by atoms with Crippen LogP contribution < -0.4 is 4.90 Å². The molecular formula is C25H21NO. The maximum absolute atomic E-state index is 9.21. The summed E-state index contributed by atoms with van der Waals surface area (Å²) in [7, 11) is 0. The molecule has 0 bridgehead atoms. The van der Waals surface area contributed by atoms with Gasteiger partial charge in [-0.3, -0.25) is 0 Å². The van der Waals surface area contributed by atoms with Crippen molar-refractivity contribution in [3.05, 3.63) is 115 Å². The van der Waals surface area contributed by atoms with Gasteiger partial charge < -0.3 is 10.0 Å². The lowest BCUT2D eigenvalue weighted by Gasteiger charge is -2.25. The second kappa shape index (κ2) is 7.90. The number of aliphatic hydroxyl groups is 1. The zero-order valence-corrected chi connectivity index (χ0v) is 15.0. The smallest absolute Gasteiger partial charge is 0.0681 e. The average Bonchev–Trinajstić information content (AvgIpc) is 2.76. The lowest BCUT2D eigenvalue weighted by molar-refractivity contribution is 0.282. The van der Waals surface area contributed by atoms with E-state index in [-0.39, 0.29) is 6.61 Å². The molecule has 0 amide bonds. The summed E-state index contributed by atoms with van der Waals surface area (Å²) >= 11 is 0. The Bertz CT molecular complexity index is 938. The van der Waals surface area contributed by atoms with Crippen LogP contribution in [0.15, 0.2) is 109 Å². The normalized spacial score (nSPS) is 10.6. The monoisotopic (exact) mass is 351 g/mol. The van der Waals surface area contributed by atoms with Crippen LogP contribution in [0.2, 0.25) is 0 Å². The first kappa shape index (κ1) is 17.1. The topological polar surface area (TPSA) is 23.5 Å². The molecule has 0 aliphatic heterocycles. The number of benzene rings is 4. The first-order valence-electron chi connectivity index (χ1n) is 9.05. The largest absolute Gasteiger partial charge is 0.392 e. The van der Waals surface area contributed by atoms with Gasteiger partial charge >= 0.3 is 0 Å². The van der Waals surface area contributed by atoms with Gasteiger partial charge in [0.15, 0.2) is 0 Å². The summed E-state index contributed by atoms with van der Waals surface area (Å²) in [6, 6.07) is 37.4. The number of aliphatic hydroxyl groups excluding tert-OH is 1. The van der Waals surface area contributed by atoms with E-state index in [1.165, 1.54) is 0 Å². The summed E-state index contributed by atoms with van der Waals surface area (Å²) < 4.78 is 0. The summed E-state index contributed by atoms with van der Waals surface area (Å²) in [5.41, 5.74) is 6.60. The van der Waals surface area contributed by atoms with Crippen LogP contribution in [0.5, 0.6) is 0 Å². The zero-order valence-electron chi connectivity index (χ0n) is 15.0. The molecule has 0 fully saturated rings. The average molecular weight is 351 g/mol. The minimum absolute atomic E-state index is 0.0718. The molecule has 27 heavy (non-hydrogen) atoms.